The van der Waals surface area contributed by atoms with Crippen LogP contribution in [0.15, 0.2) is 18.5 Å². The van der Waals surface area contributed by atoms with Gasteiger partial charge in [-0.25, -0.2) is 4.98 Å². The monoisotopic (exact) mass is 245 g/mol. The van der Waals surface area contributed by atoms with Crippen LogP contribution in [-0.2, 0) is 0 Å². The van der Waals surface area contributed by atoms with Gasteiger partial charge >= 0.3 is 0 Å². The van der Waals surface area contributed by atoms with E-state index in [0.29, 0.717) is 10.9 Å². The Morgan fingerprint density at radius 2 is 2.18 bits per heavy atom. The van der Waals surface area contributed by atoms with Gasteiger partial charge in [-0.3, -0.25) is 4.98 Å². The second kappa shape index (κ2) is 4.85. The van der Waals surface area contributed by atoms with Crippen LogP contribution in [0, 0.1) is 18.8 Å². The molecular weight excluding hydrogens is 234 g/mol. The minimum atomic E-state index is 0.538. The highest BCUT2D eigenvalue weighted by Crippen LogP contribution is 2.18. The summed E-state index contributed by atoms with van der Waals surface area (Å²) in [4.78, 5) is 9.02. The van der Waals surface area contributed by atoms with Crippen LogP contribution in [0.3, 0.4) is 0 Å². The average molecular weight is 245 g/mol. The molecule has 0 bridgehead atoms. The molecule has 0 atom stereocenters. The molecule has 0 unspecified atom stereocenters. The number of rotatable bonds is 1. The number of nitrogens with zero attached hydrogens (tertiary/aromatic N) is 2. The van der Waals surface area contributed by atoms with E-state index in [9.17, 15) is 0 Å². The molecule has 0 fully saturated rings. The minimum Gasteiger partial charge on any atom is -0.495 e. The van der Waals surface area contributed by atoms with Gasteiger partial charge in [0.05, 0.1) is 19.0 Å². The highest BCUT2D eigenvalue weighted by atomic mass is 32.1. The van der Waals surface area contributed by atoms with Crippen LogP contribution in [0.25, 0.3) is 0 Å². The number of ether oxygens (including phenoxy) is 1. The fourth-order valence-corrected chi connectivity index (χ4v) is 1.95. The van der Waals surface area contributed by atoms with E-state index in [0.717, 1.165) is 16.1 Å². The van der Waals surface area contributed by atoms with Gasteiger partial charge < -0.3 is 10.5 Å². The zero-order chi connectivity index (χ0) is 12.3. The molecule has 2 aromatic rings. The third-order valence-electron chi connectivity index (χ3n) is 2.08. The molecule has 0 aliphatic heterocycles. The number of thiazole rings is 1. The van der Waals surface area contributed by atoms with E-state index in [1.165, 1.54) is 11.3 Å². The van der Waals surface area contributed by atoms with Gasteiger partial charge in [0, 0.05) is 11.8 Å². The zero-order valence-electron chi connectivity index (χ0n) is 9.52. The summed E-state index contributed by atoms with van der Waals surface area (Å²) in [6, 6.07) is 1.83. The third kappa shape index (κ3) is 2.74. The number of hydrogen-bond donors (Lipinski definition) is 1. The number of methoxy groups -OCH3 is 1. The van der Waals surface area contributed by atoms with Crippen molar-refractivity contribution in [3.63, 3.8) is 0 Å². The predicted octanol–water partition coefficient (Wildman–Crippen LogP) is 1.84. The summed E-state index contributed by atoms with van der Waals surface area (Å²) in [5, 5.41) is 0.538. The van der Waals surface area contributed by atoms with Crippen LogP contribution in [0.2, 0.25) is 0 Å². The fourth-order valence-electron chi connectivity index (χ4n) is 1.26. The highest BCUT2D eigenvalue weighted by molar-refractivity contribution is 7.16. The number of aromatic nitrogens is 2. The van der Waals surface area contributed by atoms with Gasteiger partial charge in [-0.05, 0) is 18.9 Å². The Morgan fingerprint density at radius 1 is 1.35 bits per heavy atom. The van der Waals surface area contributed by atoms with Crippen LogP contribution >= 0.6 is 11.3 Å². The van der Waals surface area contributed by atoms with Gasteiger partial charge in [0.2, 0.25) is 0 Å². The average Bonchev–Trinajstić information content (AvgIpc) is 2.65. The molecule has 4 nitrogen and oxygen atoms in total. The molecule has 0 spiro atoms. The van der Waals surface area contributed by atoms with E-state index in [1.807, 2.05) is 13.0 Å². The Balaban J connectivity index is 2.29. The molecule has 0 saturated carbocycles. The SMILES string of the molecule is COc1cncc(C#Cc2sc(N)nc2C)c1. The van der Waals surface area contributed by atoms with Crippen molar-refractivity contribution in [2.45, 2.75) is 6.92 Å². The molecular formula is C12H11N3OS. The quantitative estimate of drug-likeness (QED) is 0.779. The molecule has 0 radical (unpaired) electrons. The number of aryl methyl sites for hydroxylation is 1. The van der Waals surface area contributed by atoms with Crippen LogP contribution in [-0.4, -0.2) is 17.1 Å². The summed E-state index contributed by atoms with van der Waals surface area (Å²) in [7, 11) is 1.60. The van der Waals surface area contributed by atoms with Gasteiger partial charge in [-0.2, -0.15) is 0 Å². The normalized spacial score (nSPS) is 9.53. The Bertz CT molecular complexity index is 595. The number of pyridine rings is 1. The maximum absolute atomic E-state index is 5.60. The first-order valence-electron chi connectivity index (χ1n) is 4.93. The van der Waals surface area contributed by atoms with Crippen LogP contribution < -0.4 is 10.5 Å². The molecule has 17 heavy (non-hydrogen) atoms. The standard InChI is InChI=1S/C12H11N3OS/c1-8-11(17-12(13)15-8)4-3-9-5-10(16-2)7-14-6-9/h5-7H,1-2H3,(H2,13,15). The van der Waals surface area contributed by atoms with Crippen LogP contribution in [0.4, 0.5) is 5.13 Å². The van der Waals surface area contributed by atoms with Gasteiger partial charge in [0.1, 0.15) is 10.6 Å². The molecule has 5 heteroatoms. The maximum atomic E-state index is 5.60. The summed E-state index contributed by atoms with van der Waals surface area (Å²) in [5.74, 6) is 6.74. The fraction of sp³-hybridized carbons (Fsp3) is 0.167. The van der Waals surface area contributed by atoms with Crippen molar-refractivity contribution in [3.8, 4) is 17.6 Å². The molecule has 0 amide bonds. The number of anilines is 1. The Morgan fingerprint density at radius 3 is 2.82 bits per heavy atom. The van der Waals surface area contributed by atoms with Crippen molar-refractivity contribution in [1.82, 2.24) is 9.97 Å². The van der Waals surface area contributed by atoms with E-state index in [4.69, 9.17) is 10.5 Å². The first kappa shape index (κ1) is 11.4. The predicted molar refractivity (Wildman–Crippen MR) is 68.0 cm³/mol. The smallest absolute Gasteiger partial charge is 0.181 e. The minimum absolute atomic E-state index is 0.538. The highest BCUT2D eigenvalue weighted by Gasteiger charge is 2.01. The molecule has 2 aromatic heterocycles. The summed E-state index contributed by atoms with van der Waals surface area (Å²) >= 11 is 1.38. The number of nitrogens with two attached hydrogens (primary N) is 1. The van der Waals surface area contributed by atoms with Gasteiger partial charge in [-0.15, -0.1) is 0 Å². The lowest BCUT2D eigenvalue weighted by Crippen LogP contribution is -1.85. The third-order valence-corrected chi connectivity index (χ3v) is 2.98. The maximum Gasteiger partial charge on any atom is 0.181 e. The Hall–Kier alpha value is -2.06. The Labute approximate surface area is 103 Å². The molecule has 86 valence electrons. The van der Waals surface area contributed by atoms with Crippen LogP contribution in [0.1, 0.15) is 16.1 Å². The number of nitrogen functional groups attached to an aromatic ring is 1. The topological polar surface area (TPSA) is 61.0 Å². The van der Waals surface area contributed by atoms with E-state index in [2.05, 4.69) is 21.8 Å². The summed E-state index contributed by atoms with van der Waals surface area (Å²) in [5.41, 5.74) is 7.26. The zero-order valence-corrected chi connectivity index (χ0v) is 10.3. The van der Waals surface area contributed by atoms with Crippen molar-refractivity contribution in [2.24, 2.45) is 0 Å². The summed E-state index contributed by atoms with van der Waals surface area (Å²) in [6.45, 7) is 1.89. The molecule has 0 aromatic carbocycles. The second-order valence-electron chi connectivity index (χ2n) is 3.33. The van der Waals surface area contributed by atoms with Crippen molar-refractivity contribution < 1.29 is 4.74 Å². The molecule has 2 rings (SSSR count). The largest absolute Gasteiger partial charge is 0.495 e. The van der Waals surface area contributed by atoms with Crippen molar-refractivity contribution in [3.05, 3.63) is 34.6 Å². The van der Waals surface area contributed by atoms with Crippen molar-refractivity contribution in [1.29, 1.82) is 0 Å². The van der Waals surface area contributed by atoms with Crippen molar-refractivity contribution >= 4 is 16.5 Å². The molecule has 0 saturated heterocycles. The lowest BCUT2D eigenvalue weighted by molar-refractivity contribution is 0.413. The Kier molecular flexibility index (Phi) is 3.26. The molecule has 0 aliphatic rings. The van der Waals surface area contributed by atoms with E-state index >= 15 is 0 Å². The van der Waals surface area contributed by atoms with Gasteiger partial charge in [0.15, 0.2) is 5.13 Å². The molecule has 2 N–H and O–H groups in total. The second-order valence-corrected chi connectivity index (χ2v) is 4.36. The van der Waals surface area contributed by atoms with E-state index in [-0.39, 0.29) is 0 Å². The van der Waals surface area contributed by atoms with Gasteiger partial charge in [0.25, 0.3) is 0 Å². The van der Waals surface area contributed by atoms with Gasteiger partial charge in [-0.1, -0.05) is 17.3 Å². The van der Waals surface area contributed by atoms with Crippen molar-refractivity contribution in [2.75, 3.05) is 12.8 Å². The van der Waals surface area contributed by atoms with Crippen LogP contribution in [0.5, 0.6) is 5.75 Å². The van der Waals surface area contributed by atoms with E-state index < -0.39 is 0 Å². The molecule has 0 aliphatic carbocycles. The van der Waals surface area contributed by atoms with E-state index in [1.54, 1.807) is 19.5 Å². The lowest BCUT2D eigenvalue weighted by atomic mass is 10.2. The first-order chi connectivity index (χ1) is 8.19. The summed E-state index contributed by atoms with van der Waals surface area (Å²) in [6.07, 6.45) is 3.33. The molecule has 2 heterocycles. The first-order valence-corrected chi connectivity index (χ1v) is 5.74. The summed E-state index contributed by atoms with van der Waals surface area (Å²) < 4.78 is 5.07. The number of hydrogen-bond acceptors (Lipinski definition) is 5. The lowest BCUT2D eigenvalue weighted by Gasteiger charge is -1.97.